The van der Waals surface area contributed by atoms with Gasteiger partial charge in [-0.15, -0.1) is 0 Å². The van der Waals surface area contributed by atoms with Gasteiger partial charge in [-0.3, -0.25) is 4.79 Å². The molecule has 1 rings (SSSR count). The molecule has 0 fully saturated rings. The normalized spacial score (nSPS) is 10.8. The maximum atomic E-state index is 11.4. The molecule has 0 saturated heterocycles. The highest BCUT2D eigenvalue weighted by atomic mass is 35.5. The van der Waals surface area contributed by atoms with Crippen LogP contribution in [0, 0.1) is 0 Å². The fourth-order valence-electron chi connectivity index (χ4n) is 1.01. The number of aryl methyl sites for hydroxylation is 1. The molecule has 12 heavy (non-hydrogen) atoms. The Balaban J connectivity index is 3.38. The molecular weight excluding hydrogens is 176 g/mol. The van der Waals surface area contributed by atoms with E-state index < -0.39 is 0 Å². The third kappa shape index (κ3) is 1.67. The zero-order valence-corrected chi connectivity index (χ0v) is 8.09. The number of hydrogen-bond acceptors (Lipinski definition) is 2. The minimum absolute atomic E-state index is 0.0746. The molecule has 0 unspecified atom stereocenters. The summed E-state index contributed by atoms with van der Waals surface area (Å²) in [5.41, 5.74) is 0.631. The summed E-state index contributed by atoms with van der Waals surface area (Å²) in [6, 6.07) is 1.62. The van der Waals surface area contributed by atoms with Crippen molar-refractivity contribution in [2.45, 2.75) is 19.8 Å². The summed E-state index contributed by atoms with van der Waals surface area (Å²) in [4.78, 5) is 11.4. The molecule has 1 aromatic heterocycles. The van der Waals surface area contributed by atoms with E-state index in [0.717, 1.165) is 0 Å². The van der Waals surface area contributed by atoms with Crippen LogP contribution >= 0.6 is 11.6 Å². The van der Waals surface area contributed by atoms with E-state index in [1.807, 2.05) is 13.8 Å². The van der Waals surface area contributed by atoms with Crippen molar-refractivity contribution >= 4 is 11.6 Å². The van der Waals surface area contributed by atoms with Crippen molar-refractivity contribution in [1.29, 1.82) is 0 Å². The van der Waals surface area contributed by atoms with E-state index in [1.165, 1.54) is 4.68 Å². The Hall–Kier alpha value is -0.830. The van der Waals surface area contributed by atoms with Crippen LogP contribution in [-0.2, 0) is 7.05 Å². The van der Waals surface area contributed by atoms with E-state index in [1.54, 1.807) is 13.1 Å². The Morgan fingerprint density at radius 2 is 2.17 bits per heavy atom. The van der Waals surface area contributed by atoms with Gasteiger partial charge in [-0.1, -0.05) is 25.4 Å². The summed E-state index contributed by atoms with van der Waals surface area (Å²) < 4.78 is 1.26. The first-order valence-electron chi connectivity index (χ1n) is 3.76. The van der Waals surface area contributed by atoms with Gasteiger partial charge in [-0.25, -0.2) is 4.68 Å². The van der Waals surface area contributed by atoms with Crippen LogP contribution in [0.1, 0.15) is 25.3 Å². The third-order valence-corrected chi connectivity index (χ3v) is 1.87. The van der Waals surface area contributed by atoms with Crippen LogP contribution in [0.3, 0.4) is 0 Å². The second kappa shape index (κ2) is 3.27. The first-order chi connectivity index (χ1) is 5.52. The van der Waals surface area contributed by atoms with Gasteiger partial charge in [0.1, 0.15) is 5.15 Å². The molecule has 0 aromatic carbocycles. The Morgan fingerprint density at radius 3 is 2.67 bits per heavy atom. The Morgan fingerprint density at radius 1 is 1.58 bits per heavy atom. The van der Waals surface area contributed by atoms with Crippen LogP contribution in [-0.4, -0.2) is 9.78 Å². The van der Waals surface area contributed by atoms with E-state index in [-0.39, 0.29) is 11.5 Å². The van der Waals surface area contributed by atoms with Crippen LogP contribution in [0.25, 0.3) is 0 Å². The predicted octanol–water partition coefficient (Wildman–Crippen LogP) is 1.56. The van der Waals surface area contributed by atoms with Gasteiger partial charge >= 0.3 is 0 Å². The SMILES string of the molecule is CC(C)c1cc(Cl)nn(C)c1=O. The van der Waals surface area contributed by atoms with Crippen molar-refractivity contribution in [3.05, 3.63) is 27.1 Å². The maximum Gasteiger partial charge on any atom is 0.270 e. The number of nitrogens with zero attached hydrogens (tertiary/aromatic N) is 2. The second-order valence-corrected chi connectivity index (χ2v) is 3.39. The van der Waals surface area contributed by atoms with Gasteiger partial charge in [-0.2, -0.15) is 5.10 Å². The molecule has 0 radical (unpaired) electrons. The number of hydrogen-bond donors (Lipinski definition) is 0. The van der Waals surface area contributed by atoms with Crippen LogP contribution in [0.4, 0.5) is 0 Å². The van der Waals surface area contributed by atoms with Crippen molar-refractivity contribution in [2.24, 2.45) is 7.05 Å². The van der Waals surface area contributed by atoms with Gasteiger partial charge in [0.2, 0.25) is 0 Å². The molecule has 0 atom stereocenters. The summed E-state index contributed by atoms with van der Waals surface area (Å²) >= 11 is 5.70. The molecule has 0 aliphatic carbocycles. The summed E-state index contributed by atoms with van der Waals surface area (Å²) in [7, 11) is 1.60. The summed E-state index contributed by atoms with van der Waals surface area (Å²) in [6.07, 6.45) is 0. The average Bonchev–Trinajstić information content (AvgIpc) is 1.96. The fraction of sp³-hybridized carbons (Fsp3) is 0.500. The molecule has 0 aliphatic heterocycles. The lowest BCUT2D eigenvalue weighted by atomic mass is 10.1. The number of halogens is 1. The maximum absolute atomic E-state index is 11.4. The van der Waals surface area contributed by atoms with Crippen LogP contribution in [0.2, 0.25) is 5.15 Å². The molecule has 1 heterocycles. The standard InChI is InChI=1S/C8H11ClN2O/c1-5(2)6-4-7(9)10-11(3)8(6)12/h4-5H,1-3H3. The number of rotatable bonds is 1. The summed E-state index contributed by atoms with van der Waals surface area (Å²) in [6.45, 7) is 3.90. The molecule has 0 spiro atoms. The van der Waals surface area contributed by atoms with Crippen LogP contribution < -0.4 is 5.56 Å². The lowest BCUT2D eigenvalue weighted by Gasteiger charge is -2.05. The van der Waals surface area contributed by atoms with E-state index in [4.69, 9.17) is 11.6 Å². The molecule has 0 aliphatic rings. The van der Waals surface area contributed by atoms with E-state index in [2.05, 4.69) is 5.10 Å². The minimum atomic E-state index is -0.0746. The minimum Gasteiger partial charge on any atom is -0.268 e. The zero-order chi connectivity index (χ0) is 9.30. The van der Waals surface area contributed by atoms with Gasteiger partial charge in [0.15, 0.2) is 0 Å². The Kier molecular flexibility index (Phi) is 2.52. The van der Waals surface area contributed by atoms with Gasteiger partial charge in [-0.05, 0) is 12.0 Å². The van der Waals surface area contributed by atoms with Crippen molar-refractivity contribution in [3.8, 4) is 0 Å². The smallest absolute Gasteiger partial charge is 0.268 e. The van der Waals surface area contributed by atoms with Crippen molar-refractivity contribution < 1.29 is 0 Å². The highest BCUT2D eigenvalue weighted by Gasteiger charge is 2.07. The first-order valence-corrected chi connectivity index (χ1v) is 4.14. The predicted molar refractivity (Wildman–Crippen MR) is 48.6 cm³/mol. The largest absolute Gasteiger partial charge is 0.270 e. The van der Waals surface area contributed by atoms with Gasteiger partial charge < -0.3 is 0 Å². The van der Waals surface area contributed by atoms with E-state index >= 15 is 0 Å². The summed E-state index contributed by atoms with van der Waals surface area (Å²) in [5.74, 6) is 0.184. The average molecular weight is 187 g/mol. The zero-order valence-electron chi connectivity index (χ0n) is 7.34. The number of aromatic nitrogens is 2. The molecule has 3 nitrogen and oxygen atoms in total. The van der Waals surface area contributed by atoms with E-state index in [0.29, 0.717) is 10.7 Å². The lowest BCUT2D eigenvalue weighted by molar-refractivity contribution is 0.678. The van der Waals surface area contributed by atoms with Crippen LogP contribution in [0.15, 0.2) is 10.9 Å². The van der Waals surface area contributed by atoms with E-state index in [9.17, 15) is 4.79 Å². The van der Waals surface area contributed by atoms with Crippen molar-refractivity contribution in [2.75, 3.05) is 0 Å². The molecule has 0 N–H and O–H groups in total. The molecule has 0 saturated carbocycles. The Bertz CT molecular complexity index is 343. The third-order valence-electron chi connectivity index (χ3n) is 1.68. The second-order valence-electron chi connectivity index (χ2n) is 3.01. The van der Waals surface area contributed by atoms with Crippen molar-refractivity contribution in [1.82, 2.24) is 9.78 Å². The van der Waals surface area contributed by atoms with Gasteiger partial charge in [0.05, 0.1) is 0 Å². The Labute approximate surface area is 76.0 Å². The molecule has 0 amide bonds. The molecule has 66 valence electrons. The summed E-state index contributed by atoms with van der Waals surface area (Å²) in [5, 5.41) is 4.15. The molecule has 0 bridgehead atoms. The molecule has 1 aromatic rings. The monoisotopic (exact) mass is 186 g/mol. The fourth-order valence-corrected chi connectivity index (χ4v) is 1.24. The van der Waals surface area contributed by atoms with Gasteiger partial charge in [0.25, 0.3) is 5.56 Å². The van der Waals surface area contributed by atoms with Crippen molar-refractivity contribution in [3.63, 3.8) is 0 Å². The quantitative estimate of drug-likeness (QED) is 0.667. The molecular formula is C8H11ClN2O. The highest BCUT2D eigenvalue weighted by Crippen LogP contribution is 2.11. The van der Waals surface area contributed by atoms with Gasteiger partial charge in [0, 0.05) is 12.6 Å². The topological polar surface area (TPSA) is 34.9 Å². The van der Waals surface area contributed by atoms with Crippen LogP contribution in [0.5, 0.6) is 0 Å². The molecule has 4 heteroatoms. The first kappa shape index (κ1) is 9.26. The highest BCUT2D eigenvalue weighted by molar-refractivity contribution is 6.29. The lowest BCUT2D eigenvalue weighted by Crippen LogP contribution is -2.23.